The fraction of sp³-hybridized carbons (Fsp3) is 0.467. The first-order valence-corrected chi connectivity index (χ1v) is 6.82. The van der Waals surface area contributed by atoms with Gasteiger partial charge >= 0.3 is 0 Å². The molecular weight excluding hydrogens is 252 g/mol. The molecule has 0 aliphatic heterocycles. The van der Waals surface area contributed by atoms with Crippen LogP contribution < -0.4 is 10.1 Å². The normalized spacial score (nSPS) is 11.1. The molecule has 0 spiro atoms. The molecule has 1 N–H and O–H groups in total. The zero-order chi connectivity index (χ0) is 14.5. The number of methoxy groups -OCH3 is 1. The lowest BCUT2D eigenvalue weighted by Crippen LogP contribution is -2.14. The number of hydrogen-bond acceptors (Lipinski definition) is 4. The van der Waals surface area contributed by atoms with Gasteiger partial charge in [0, 0.05) is 44.2 Å². The van der Waals surface area contributed by atoms with Crippen molar-refractivity contribution in [3.63, 3.8) is 0 Å². The van der Waals surface area contributed by atoms with E-state index in [1.54, 1.807) is 7.11 Å². The van der Waals surface area contributed by atoms with Crippen LogP contribution in [0.25, 0.3) is 0 Å². The van der Waals surface area contributed by atoms with E-state index in [4.69, 9.17) is 4.74 Å². The van der Waals surface area contributed by atoms with Crippen LogP contribution in [0, 0.1) is 0 Å². The Morgan fingerprint density at radius 1 is 1.30 bits per heavy atom. The van der Waals surface area contributed by atoms with Crippen LogP contribution >= 0.6 is 0 Å². The second-order valence-electron chi connectivity index (χ2n) is 5.18. The molecule has 2 aromatic rings. The van der Waals surface area contributed by atoms with E-state index in [1.807, 2.05) is 30.1 Å². The van der Waals surface area contributed by atoms with Gasteiger partial charge in [0.2, 0.25) is 5.88 Å². The van der Waals surface area contributed by atoms with Crippen LogP contribution in [0.15, 0.2) is 24.5 Å². The number of rotatable bonds is 6. The van der Waals surface area contributed by atoms with Crippen molar-refractivity contribution < 1.29 is 4.74 Å². The van der Waals surface area contributed by atoms with Crippen LogP contribution in [0.3, 0.4) is 0 Å². The van der Waals surface area contributed by atoms with Gasteiger partial charge in [0.25, 0.3) is 0 Å². The molecule has 0 saturated carbocycles. The summed E-state index contributed by atoms with van der Waals surface area (Å²) in [5.41, 5.74) is 3.55. The van der Waals surface area contributed by atoms with E-state index in [0.29, 0.717) is 11.8 Å². The standard InChI is InChI=1S/C15H22N4O/c1-11(2)15-13(10-19(3)18-15)9-16-7-12-5-6-14(20-4)17-8-12/h5-6,8,10-11,16H,7,9H2,1-4H3. The minimum Gasteiger partial charge on any atom is -0.481 e. The molecule has 108 valence electrons. The molecule has 0 aliphatic rings. The molecule has 5 heteroatoms. The Morgan fingerprint density at radius 3 is 2.70 bits per heavy atom. The topological polar surface area (TPSA) is 52.0 Å². The first-order valence-electron chi connectivity index (χ1n) is 6.82. The number of hydrogen-bond donors (Lipinski definition) is 1. The average molecular weight is 274 g/mol. The number of aromatic nitrogens is 3. The molecule has 0 radical (unpaired) electrons. The maximum atomic E-state index is 5.05. The van der Waals surface area contributed by atoms with Gasteiger partial charge in [-0.15, -0.1) is 0 Å². The van der Waals surface area contributed by atoms with E-state index in [9.17, 15) is 0 Å². The van der Waals surface area contributed by atoms with Crippen molar-refractivity contribution in [2.75, 3.05) is 7.11 Å². The van der Waals surface area contributed by atoms with Gasteiger partial charge in [-0.3, -0.25) is 4.68 Å². The van der Waals surface area contributed by atoms with Gasteiger partial charge in [-0.2, -0.15) is 5.10 Å². The lowest BCUT2D eigenvalue weighted by molar-refractivity contribution is 0.397. The van der Waals surface area contributed by atoms with Gasteiger partial charge in [0.1, 0.15) is 0 Å². The Morgan fingerprint density at radius 2 is 2.10 bits per heavy atom. The summed E-state index contributed by atoms with van der Waals surface area (Å²) < 4.78 is 6.92. The summed E-state index contributed by atoms with van der Waals surface area (Å²) in [6, 6.07) is 3.89. The molecule has 20 heavy (non-hydrogen) atoms. The monoisotopic (exact) mass is 274 g/mol. The largest absolute Gasteiger partial charge is 0.481 e. The minimum atomic E-state index is 0.440. The molecule has 5 nitrogen and oxygen atoms in total. The zero-order valence-corrected chi connectivity index (χ0v) is 12.6. The lowest BCUT2D eigenvalue weighted by Gasteiger charge is -2.07. The zero-order valence-electron chi connectivity index (χ0n) is 12.6. The Bertz CT molecular complexity index is 546. The van der Waals surface area contributed by atoms with E-state index >= 15 is 0 Å². The Balaban J connectivity index is 1.92. The minimum absolute atomic E-state index is 0.440. The molecule has 2 rings (SSSR count). The van der Waals surface area contributed by atoms with Crippen LogP contribution in [0.4, 0.5) is 0 Å². The second-order valence-corrected chi connectivity index (χ2v) is 5.18. The van der Waals surface area contributed by atoms with E-state index in [1.165, 1.54) is 5.56 Å². The smallest absolute Gasteiger partial charge is 0.212 e. The number of aryl methyl sites for hydroxylation is 1. The molecule has 0 unspecified atom stereocenters. The maximum Gasteiger partial charge on any atom is 0.212 e. The van der Waals surface area contributed by atoms with Gasteiger partial charge in [-0.1, -0.05) is 19.9 Å². The molecule has 2 aromatic heterocycles. The predicted octanol–water partition coefficient (Wildman–Crippen LogP) is 2.24. The van der Waals surface area contributed by atoms with Gasteiger partial charge in [-0.25, -0.2) is 4.98 Å². The predicted molar refractivity (Wildman–Crippen MR) is 78.6 cm³/mol. The highest BCUT2D eigenvalue weighted by molar-refractivity contribution is 5.21. The molecule has 0 fully saturated rings. The molecule has 0 saturated heterocycles. The fourth-order valence-electron chi connectivity index (χ4n) is 2.15. The summed E-state index contributed by atoms with van der Waals surface area (Å²) in [6.45, 7) is 5.93. The fourth-order valence-corrected chi connectivity index (χ4v) is 2.15. The van der Waals surface area contributed by atoms with E-state index < -0.39 is 0 Å². The third-order valence-corrected chi connectivity index (χ3v) is 3.14. The van der Waals surface area contributed by atoms with Gasteiger partial charge in [0.05, 0.1) is 12.8 Å². The quantitative estimate of drug-likeness (QED) is 0.877. The Labute approximate surface area is 120 Å². The molecule has 0 aromatic carbocycles. The molecule has 0 bridgehead atoms. The summed E-state index contributed by atoms with van der Waals surface area (Å²) in [5, 5.41) is 7.94. The van der Waals surface area contributed by atoms with Gasteiger partial charge < -0.3 is 10.1 Å². The van der Waals surface area contributed by atoms with Crippen LogP contribution in [0.5, 0.6) is 5.88 Å². The highest BCUT2D eigenvalue weighted by Gasteiger charge is 2.10. The number of nitrogens with zero attached hydrogens (tertiary/aromatic N) is 3. The maximum absolute atomic E-state index is 5.05. The first kappa shape index (κ1) is 14.5. The SMILES string of the molecule is COc1ccc(CNCc2cn(C)nc2C(C)C)cn1. The molecule has 0 amide bonds. The molecule has 0 aliphatic carbocycles. The third-order valence-electron chi connectivity index (χ3n) is 3.14. The van der Waals surface area contributed by atoms with Crippen molar-refractivity contribution in [2.24, 2.45) is 7.05 Å². The molecule has 2 heterocycles. The van der Waals surface area contributed by atoms with Crippen LogP contribution in [0.1, 0.15) is 36.6 Å². The summed E-state index contributed by atoms with van der Waals surface area (Å²) in [6.07, 6.45) is 3.91. The second kappa shape index (κ2) is 6.52. The van der Waals surface area contributed by atoms with Crippen molar-refractivity contribution in [3.8, 4) is 5.88 Å². The summed E-state index contributed by atoms with van der Waals surface area (Å²) in [5.74, 6) is 1.08. The lowest BCUT2D eigenvalue weighted by atomic mass is 10.1. The van der Waals surface area contributed by atoms with Crippen molar-refractivity contribution in [2.45, 2.75) is 32.9 Å². The Kier molecular flexibility index (Phi) is 4.74. The van der Waals surface area contributed by atoms with Gasteiger partial charge in [-0.05, 0) is 11.5 Å². The summed E-state index contributed by atoms with van der Waals surface area (Å²) in [7, 11) is 3.58. The van der Waals surface area contributed by atoms with E-state index in [-0.39, 0.29) is 0 Å². The number of pyridine rings is 1. The number of nitrogens with one attached hydrogen (secondary N) is 1. The van der Waals surface area contributed by atoms with Crippen LogP contribution in [-0.2, 0) is 20.1 Å². The highest BCUT2D eigenvalue weighted by atomic mass is 16.5. The third kappa shape index (κ3) is 3.57. The van der Waals surface area contributed by atoms with Crippen LogP contribution in [-0.4, -0.2) is 21.9 Å². The van der Waals surface area contributed by atoms with Crippen LogP contribution in [0.2, 0.25) is 0 Å². The van der Waals surface area contributed by atoms with Crippen molar-refractivity contribution in [1.82, 2.24) is 20.1 Å². The molecule has 0 atom stereocenters. The van der Waals surface area contributed by atoms with E-state index in [0.717, 1.165) is 24.3 Å². The Hall–Kier alpha value is -1.88. The van der Waals surface area contributed by atoms with Crippen molar-refractivity contribution >= 4 is 0 Å². The average Bonchev–Trinajstić information content (AvgIpc) is 2.81. The molecular formula is C15H22N4O. The van der Waals surface area contributed by atoms with Gasteiger partial charge in [0.15, 0.2) is 0 Å². The highest BCUT2D eigenvalue weighted by Crippen LogP contribution is 2.17. The first-order chi connectivity index (χ1) is 9.60. The van der Waals surface area contributed by atoms with E-state index in [2.05, 4.69) is 35.4 Å². The van der Waals surface area contributed by atoms with Crippen molar-refractivity contribution in [1.29, 1.82) is 0 Å². The number of ether oxygens (including phenoxy) is 1. The summed E-state index contributed by atoms with van der Waals surface area (Å²) >= 11 is 0. The van der Waals surface area contributed by atoms with Crippen molar-refractivity contribution in [3.05, 3.63) is 41.3 Å². The summed E-state index contributed by atoms with van der Waals surface area (Å²) in [4.78, 5) is 4.19.